The molecular formula is C36H44N6O6S. The van der Waals surface area contributed by atoms with Crippen LogP contribution in [0.25, 0.3) is 0 Å². The standard InChI is InChI=1S/C36H44N6O6S/c1-36(35(44)41-19-8-9-20-41,29-15-17-30(47-4)18-16-29)42-23-33(37-26-42)38-34(43)32(25-48-24-27-11-6-5-7-12-27)39-49(45,46)31-14-10-13-28(21-31)22-40(2)3/h5-7,10-18,21,23,26,32,39H,8-9,19-20,22,24-25H2,1-4H3,(H,38,43). The molecule has 13 heteroatoms. The fourth-order valence-corrected chi connectivity index (χ4v) is 7.09. The Kier molecular flexibility index (Phi) is 11.5. The summed E-state index contributed by atoms with van der Waals surface area (Å²) >= 11 is 0. The lowest BCUT2D eigenvalue weighted by Crippen LogP contribution is -2.48. The van der Waals surface area contributed by atoms with E-state index >= 15 is 0 Å². The lowest BCUT2D eigenvalue weighted by Gasteiger charge is -2.34. The van der Waals surface area contributed by atoms with Crippen LogP contribution < -0.4 is 14.8 Å². The summed E-state index contributed by atoms with van der Waals surface area (Å²) in [5, 5.41) is 2.74. The Morgan fingerprint density at radius 1 is 0.980 bits per heavy atom. The Morgan fingerprint density at radius 3 is 2.35 bits per heavy atom. The van der Waals surface area contributed by atoms with Crippen LogP contribution in [0.5, 0.6) is 5.75 Å². The van der Waals surface area contributed by atoms with E-state index in [-0.39, 0.29) is 29.8 Å². The smallest absolute Gasteiger partial charge is 0.253 e. The summed E-state index contributed by atoms with van der Waals surface area (Å²) in [6.07, 6.45) is 4.94. The van der Waals surface area contributed by atoms with Crippen LogP contribution in [0.4, 0.5) is 5.82 Å². The van der Waals surface area contributed by atoms with Crippen molar-refractivity contribution in [3.8, 4) is 5.75 Å². The number of nitrogens with zero attached hydrogens (tertiary/aromatic N) is 4. The Morgan fingerprint density at radius 2 is 1.67 bits per heavy atom. The molecule has 0 radical (unpaired) electrons. The van der Waals surface area contributed by atoms with Crippen LogP contribution in [0, 0.1) is 0 Å². The van der Waals surface area contributed by atoms with Crippen molar-refractivity contribution >= 4 is 27.7 Å². The molecule has 12 nitrogen and oxygen atoms in total. The van der Waals surface area contributed by atoms with Crippen molar-refractivity contribution in [3.63, 3.8) is 0 Å². The van der Waals surface area contributed by atoms with Gasteiger partial charge in [0.25, 0.3) is 5.91 Å². The van der Waals surface area contributed by atoms with Crippen molar-refractivity contribution < 1.29 is 27.5 Å². The molecule has 2 amide bonds. The number of ether oxygens (including phenoxy) is 2. The number of likely N-dealkylation sites (tertiary alicyclic amines) is 1. The second-order valence-corrected chi connectivity index (χ2v) is 14.2. The first kappa shape index (κ1) is 35.7. The number of nitrogens with one attached hydrogen (secondary N) is 2. The lowest BCUT2D eigenvalue weighted by molar-refractivity contribution is -0.137. The summed E-state index contributed by atoms with van der Waals surface area (Å²) in [4.78, 5) is 36.0. The number of methoxy groups -OCH3 is 1. The summed E-state index contributed by atoms with van der Waals surface area (Å²) in [5.74, 6) is 0.0511. The third-order valence-electron chi connectivity index (χ3n) is 8.53. The zero-order valence-corrected chi connectivity index (χ0v) is 29.2. The monoisotopic (exact) mass is 688 g/mol. The van der Waals surface area contributed by atoms with Crippen LogP contribution in [-0.2, 0) is 43.0 Å². The van der Waals surface area contributed by atoms with E-state index in [0.29, 0.717) is 25.4 Å². The minimum absolute atomic E-state index is 0.0349. The van der Waals surface area contributed by atoms with Gasteiger partial charge in [-0.15, -0.1) is 0 Å². The van der Waals surface area contributed by atoms with Crippen molar-refractivity contribution in [2.75, 3.05) is 46.2 Å². The number of hydrogen-bond donors (Lipinski definition) is 2. The third kappa shape index (κ3) is 8.73. The highest BCUT2D eigenvalue weighted by atomic mass is 32.2. The molecular weight excluding hydrogens is 644 g/mol. The number of benzene rings is 3. The highest BCUT2D eigenvalue weighted by molar-refractivity contribution is 7.89. The molecule has 1 aliphatic heterocycles. The van der Waals surface area contributed by atoms with E-state index in [1.165, 1.54) is 12.4 Å². The maximum absolute atomic E-state index is 14.0. The lowest BCUT2D eigenvalue weighted by atomic mass is 9.90. The molecule has 1 aromatic heterocycles. The number of carbonyl (C=O) groups excluding carboxylic acids is 2. The number of hydrogen-bond acceptors (Lipinski definition) is 8. The van der Waals surface area contributed by atoms with E-state index < -0.39 is 27.5 Å². The Balaban J connectivity index is 1.39. The largest absolute Gasteiger partial charge is 0.497 e. The van der Waals surface area contributed by atoms with Crippen LogP contribution in [0.15, 0.2) is 96.3 Å². The summed E-state index contributed by atoms with van der Waals surface area (Å²) in [6.45, 7) is 3.62. The molecule has 0 bridgehead atoms. The molecule has 0 aliphatic carbocycles. The molecule has 3 aromatic carbocycles. The first-order valence-electron chi connectivity index (χ1n) is 16.2. The molecule has 260 valence electrons. The normalized spacial score (nSPS) is 15.2. The molecule has 5 rings (SSSR count). The van der Waals surface area contributed by atoms with Gasteiger partial charge in [-0.1, -0.05) is 54.6 Å². The van der Waals surface area contributed by atoms with Crippen molar-refractivity contribution in [1.29, 1.82) is 0 Å². The second kappa shape index (κ2) is 15.8. The molecule has 1 fully saturated rings. The average molecular weight is 689 g/mol. The molecule has 2 N–H and O–H groups in total. The Bertz CT molecular complexity index is 1820. The molecule has 2 atom stereocenters. The number of anilines is 1. The fourth-order valence-electron chi connectivity index (χ4n) is 5.84. The van der Waals surface area contributed by atoms with Crippen LogP contribution in [-0.4, -0.2) is 86.5 Å². The molecule has 2 heterocycles. The van der Waals surface area contributed by atoms with Crippen LogP contribution in [0.1, 0.15) is 36.5 Å². The maximum atomic E-state index is 14.0. The van der Waals surface area contributed by atoms with E-state index in [0.717, 1.165) is 29.5 Å². The first-order chi connectivity index (χ1) is 23.5. The molecule has 1 aliphatic rings. The van der Waals surface area contributed by atoms with Crippen molar-refractivity contribution in [3.05, 3.63) is 108 Å². The summed E-state index contributed by atoms with van der Waals surface area (Å²) < 4.78 is 42.5. The van der Waals surface area contributed by atoms with Gasteiger partial charge in [-0.05, 0) is 74.8 Å². The first-order valence-corrected chi connectivity index (χ1v) is 17.6. The zero-order chi connectivity index (χ0) is 35.0. The van der Waals surface area contributed by atoms with Crippen LogP contribution in [0.2, 0.25) is 0 Å². The van der Waals surface area contributed by atoms with E-state index in [1.54, 1.807) is 42.1 Å². The summed E-state index contributed by atoms with van der Waals surface area (Å²) in [5.41, 5.74) is 1.23. The van der Waals surface area contributed by atoms with E-state index in [2.05, 4.69) is 15.0 Å². The molecule has 1 saturated heterocycles. The van der Waals surface area contributed by atoms with E-state index in [4.69, 9.17) is 9.47 Å². The maximum Gasteiger partial charge on any atom is 0.253 e. The molecule has 0 saturated carbocycles. The van der Waals surface area contributed by atoms with Crippen molar-refractivity contribution in [1.82, 2.24) is 24.1 Å². The number of aromatic nitrogens is 2. The number of rotatable bonds is 15. The number of amides is 2. The minimum Gasteiger partial charge on any atom is -0.497 e. The molecule has 0 spiro atoms. The Hall–Kier alpha value is -4.56. The van der Waals surface area contributed by atoms with Gasteiger partial charge >= 0.3 is 0 Å². The van der Waals surface area contributed by atoms with Gasteiger partial charge in [-0.25, -0.2) is 13.4 Å². The van der Waals surface area contributed by atoms with Gasteiger partial charge in [0.1, 0.15) is 17.3 Å². The number of carbonyl (C=O) groups is 2. The predicted molar refractivity (Wildman–Crippen MR) is 186 cm³/mol. The van der Waals surface area contributed by atoms with E-state index in [1.807, 2.05) is 79.3 Å². The van der Waals surface area contributed by atoms with Gasteiger partial charge in [0.05, 0.1) is 31.5 Å². The summed E-state index contributed by atoms with van der Waals surface area (Å²) in [7, 11) is 1.25. The number of imidazole rings is 1. The van der Waals surface area contributed by atoms with E-state index in [9.17, 15) is 18.0 Å². The molecule has 4 aromatic rings. The number of sulfonamides is 1. The minimum atomic E-state index is -4.13. The van der Waals surface area contributed by atoms with Gasteiger partial charge in [0, 0.05) is 25.8 Å². The van der Waals surface area contributed by atoms with Gasteiger partial charge in [-0.2, -0.15) is 4.72 Å². The SMILES string of the molecule is COc1ccc(C(C)(C(=O)N2CCCC2)n2cnc(NC(=O)C(COCc3ccccc3)NS(=O)(=O)c3cccc(CN(C)C)c3)c2)cc1. The Labute approximate surface area is 288 Å². The van der Waals surface area contributed by atoms with Gasteiger partial charge in [-0.3, -0.25) is 9.59 Å². The highest BCUT2D eigenvalue weighted by Gasteiger charge is 2.41. The fraction of sp³-hybridized carbons (Fsp3) is 0.361. The predicted octanol–water partition coefficient (Wildman–Crippen LogP) is 3.84. The molecule has 49 heavy (non-hydrogen) atoms. The highest BCUT2D eigenvalue weighted by Crippen LogP contribution is 2.32. The third-order valence-corrected chi connectivity index (χ3v) is 10.00. The van der Waals surface area contributed by atoms with Crippen LogP contribution in [0.3, 0.4) is 0 Å². The topological polar surface area (TPSA) is 135 Å². The van der Waals surface area contributed by atoms with Crippen LogP contribution >= 0.6 is 0 Å². The second-order valence-electron chi connectivity index (χ2n) is 12.5. The zero-order valence-electron chi connectivity index (χ0n) is 28.3. The van der Waals surface area contributed by atoms with Crippen molar-refractivity contribution in [2.45, 2.75) is 49.4 Å². The van der Waals surface area contributed by atoms with Gasteiger partial charge < -0.3 is 29.2 Å². The average Bonchev–Trinajstić information content (AvgIpc) is 3.81. The quantitative estimate of drug-likeness (QED) is 0.193. The van der Waals surface area contributed by atoms with Gasteiger partial charge in [0.15, 0.2) is 5.82 Å². The summed E-state index contributed by atoms with van der Waals surface area (Å²) in [6, 6.07) is 22.0. The van der Waals surface area contributed by atoms with Crippen molar-refractivity contribution in [2.24, 2.45) is 0 Å². The van der Waals surface area contributed by atoms with Gasteiger partial charge in [0.2, 0.25) is 15.9 Å². The molecule has 2 unspecified atom stereocenters.